The van der Waals surface area contributed by atoms with Gasteiger partial charge in [-0.25, -0.2) is 4.98 Å². The predicted octanol–water partition coefficient (Wildman–Crippen LogP) is 5.90. The van der Waals surface area contributed by atoms with Gasteiger partial charge in [0, 0.05) is 42.7 Å². The highest BCUT2D eigenvalue weighted by molar-refractivity contribution is 7.21. The molecule has 3 nitrogen and oxygen atoms in total. The molecule has 5 rings (SSSR count). The minimum absolute atomic E-state index is 1.03. The Morgan fingerprint density at radius 2 is 1.50 bits per heavy atom. The third-order valence-electron chi connectivity index (χ3n) is 5.41. The molecule has 0 amide bonds. The first kappa shape index (κ1) is 18.5. The monoisotopic (exact) mass is 408 g/mol. The van der Waals surface area contributed by atoms with Gasteiger partial charge < -0.3 is 4.90 Å². The lowest BCUT2D eigenvalue weighted by atomic mass is 10.2. The van der Waals surface area contributed by atoms with Gasteiger partial charge in [0.15, 0.2) is 0 Å². The van der Waals surface area contributed by atoms with Crippen LogP contribution in [0.1, 0.15) is 0 Å². The summed E-state index contributed by atoms with van der Waals surface area (Å²) in [5.41, 5.74) is 5.55. The van der Waals surface area contributed by atoms with E-state index >= 15 is 0 Å². The summed E-state index contributed by atoms with van der Waals surface area (Å²) in [6, 6.07) is 33.8. The van der Waals surface area contributed by atoms with Crippen molar-refractivity contribution in [1.82, 2.24) is 9.56 Å². The van der Waals surface area contributed by atoms with Gasteiger partial charge >= 0.3 is 0 Å². The van der Waals surface area contributed by atoms with Gasteiger partial charge in [-0.2, -0.15) is 4.58 Å². The number of anilines is 2. The molecule has 1 heterocycles. The van der Waals surface area contributed by atoms with Crippen LogP contribution in [0.5, 0.6) is 0 Å². The SMILES string of the molecule is CN(c1ccccc1)c1ccc2nc3ccc(=[N+](C)c4ccccc4)cc-3sc2c1. The summed E-state index contributed by atoms with van der Waals surface area (Å²) >= 11 is 1.79. The first-order valence-electron chi connectivity index (χ1n) is 9.94. The van der Waals surface area contributed by atoms with Gasteiger partial charge in [-0.05, 0) is 36.4 Å². The molecule has 0 bridgehead atoms. The molecule has 30 heavy (non-hydrogen) atoms. The molecule has 3 aromatic carbocycles. The number of fused-ring (bicyclic) bond motifs is 2. The molecule has 0 fully saturated rings. The van der Waals surface area contributed by atoms with E-state index in [0.717, 1.165) is 22.3 Å². The lowest BCUT2D eigenvalue weighted by molar-refractivity contribution is 0.894. The molecule has 4 heteroatoms. The Hall–Kier alpha value is -3.50. The molecule has 0 spiro atoms. The number of hydrogen-bond donors (Lipinski definition) is 0. The van der Waals surface area contributed by atoms with Crippen molar-refractivity contribution < 1.29 is 0 Å². The molecule has 2 aliphatic rings. The van der Waals surface area contributed by atoms with Crippen molar-refractivity contribution in [2.24, 2.45) is 0 Å². The third-order valence-corrected chi connectivity index (χ3v) is 6.50. The molecule has 0 radical (unpaired) electrons. The Morgan fingerprint density at radius 1 is 0.767 bits per heavy atom. The van der Waals surface area contributed by atoms with Gasteiger partial charge in [0.05, 0.1) is 20.8 Å². The van der Waals surface area contributed by atoms with Crippen LogP contribution in [0.15, 0.2) is 97.1 Å². The first-order valence-corrected chi connectivity index (χ1v) is 10.8. The van der Waals surface area contributed by atoms with Crippen molar-refractivity contribution in [3.63, 3.8) is 0 Å². The topological polar surface area (TPSA) is 19.1 Å². The van der Waals surface area contributed by atoms with Crippen molar-refractivity contribution in [1.29, 1.82) is 0 Å². The Bertz CT molecular complexity index is 1360. The van der Waals surface area contributed by atoms with E-state index in [2.05, 4.69) is 108 Å². The second kappa shape index (κ2) is 7.73. The fraction of sp³-hybridized carbons (Fsp3) is 0.0769. The Labute approximate surface area is 180 Å². The maximum atomic E-state index is 4.90. The molecular formula is C26H22N3S+. The summed E-state index contributed by atoms with van der Waals surface area (Å²) in [5, 5.41) is 1.16. The van der Waals surface area contributed by atoms with E-state index in [1.54, 1.807) is 11.3 Å². The van der Waals surface area contributed by atoms with Crippen molar-refractivity contribution in [3.8, 4) is 10.6 Å². The molecule has 1 aliphatic carbocycles. The van der Waals surface area contributed by atoms with E-state index in [4.69, 9.17) is 4.98 Å². The number of aromatic nitrogens is 1. The van der Waals surface area contributed by atoms with E-state index in [-0.39, 0.29) is 0 Å². The molecule has 1 aliphatic heterocycles. The van der Waals surface area contributed by atoms with Crippen LogP contribution in [0.3, 0.4) is 0 Å². The average Bonchev–Trinajstić information content (AvgIpc) is 2.82. The lowest BCUT2D eigenvalue weighted by Crippen LogP contribution is -2.21. The smallest absolute Gasteiger partial charge is 0.206 e. The highest BCUT2D eigenvalue weighted by atomic mass is 32.1. The van der Waals surface area contributed by atoms with Crippen LogP contribution < -0.4 is 14.8 Å². The lowest BCUT2D eigenvalue weighted by Gasteiger charge is -2.20. The zero-order valence-electron chi connectivity index (χ0n) is 17.0. The Morgan fingerprint density at radius 3 is 2.27 bits per heavy atom. The zero-order chi connectivity index (χ0) is 20.5. The number of para-hydroxylation sites is 2. The van der Waals surface area contributed by atoms with E-state index in [0.29, 0.717) is 0 Å². The highest BCUT2D eigenvalue weighted by Gasteiger charge is 2.12. The summed E-state index contributed by atoms with van der Waals surface area (Å²) in [6.07, 6.45) is 0. The van der Waals surface area contributed by atoms with Gasteiger partial charge in [0.2, 0.25) is 11.0 Å². The number of rotatable bonds is 3. The number of benzene rings is 4. The second-order valence-electron chi connectivity index (χ2n) is 7.31. The van der Waals surface area contributed by atoms with Crippen molar-refractivity contribution in [2.75, 3.05) is 19.0 Å². The van der Waals surface area contributed by atoms with Crippen LogP contribution in [-0.4, -0.2) is 19.1 Å². The van der Waals surface area contributed by atoms with Crippen LogP contribution in [0.2, 0.25) is 0 Å². The minimum atomic E-state index is 1.03. The van der Waals surface area contributed by atoms with Crippen molar-refractivity contribution in [3.05, 3.63) is 102 Å². The highest BCUT2D eigenvalue weighted by Crippen LogP contribution is 2.33. The molecule has 0 atom stereocenters. The van der Waals surface area contributed by atoms with E-state index in [1.807, 2.05) is 12.1 Å². The van der Waals surface area contributed by atoms with Gasteiger partial charge in [-0.15, -0.1) is 11.3 Å². The molecule has 3 aromatic rings. The summed E-state index contributed by atoms with van der Waals surface area (Å²) in [5.74, 6) is 0. The standard InChI is InChI=1S/C26H22N3S/c1-28(19-9-5-3-6-10-19)21-13-15-23-25(17-21)30-26-18-22(14-16-24(26)27-23)29(2)20-11-7-4-8-12-20/h3-18H,1-2H3/q+1. The van der Waals surface area contributed by atoms with Gasteiger partial charge in [0.25, 0.3) is 0 Å². The largest absolute Gasteiger partial charge is 0.345 e. The van der Waals surface area contributed by atoms with Crippen LogP contribution in [0.25, 0.3) is 20.8 Å². The molecule has 0 N–H and O–H groups in total. The van der Waals surface area contributed by atoms with Crippen molar-refractivity contribution >= 4 is 38.6 Å². The molecule has 0 unspecified atom stereocenters. The van der Waals surface area contributed by atoms with Gasteiger partial charge in [-0.3, -0.25) is 0 Å². The van der Waals surface area contributed by atoms with E-state index < -0.39 is 0 Å². The molecule has 146 valence electrons. The zero-order valence-corrected chi connectivity index (χ0v) is 17.8. The van der Waals surface area contributed by atoms with Crippen LogP contribution in [0, 0.1) is 0 Å². The Balaban J connectivity index is 1.63. The normalized spacial score (nSPS) is 12.2. The number of nitrogens with zero attached hydrogens (tertiary/aromatic N) is 3. The summed E-state index contributed by atoms with van der Waals surface area (Å²) in [6.45, 7) is 0. The number of hydrogen-bond acceptors (Lipinski definition) is 3. The second-order valence-corrected chi connectivity index (χ2v) is 8.39. The summed E-state index contributed by atoms with van der Waals surface area (Å²) in [4.78, 5) is 8.28. The van der Waals surface area contributed by atoms with E-state index in [1.165, 1.54) is 21.0 Å². The molecule has 0 saturated heterocycles. The molecule has 0 aromatic heterocycles. The molecule has 0 saturated carbocycles. The van der Waals surface area contributed by atoms with E-state index in [9.17, 15) is 0 Å². The Kier molecular flexibility index (Phi) is 4.77. The summed E-state index contributed by atoms with van der Waals surface area (Å²) in [7, 11) is 4.20. The maximum absolute atomic E-state index is 4.90. The van der Waals surface area contributed by atoms with Crippen molar-refractivity contribution in [2.45, 2.75) is 0 Å². The third kappa shape index (κ3) is 3.46. The van der Waals surface area contributed by atoms with Gasteiger partial charge in [-0.1, -0.05) is 36.4 Å². The molecular weight excluding hydrogens is 386 g/mol. The maximum Gasteiger partial charge on any atom is 0.206 e. The fourth-order valence-electron chi connectivity index (χ4n) is 3.62. The fourth-order valence-corrected chi connectivity index (χ4v) is 4.65. The summed E-state index contributed by atoms with van der Waals surface area (Å²) < 4.78 is 3.39. The first-order chi connectivity index (χ1) is 14.7. The van der Waals surface area contributed by atoms with Crippen LogP contribution in [0.4, 0.5) is 17.1 Å². The predicted molar refractivity (Wildman–Crippen MR) is 128 cm³/mol. The van der Waals surface area contributed by atoms with Crippen LogP contribution >= 0.6 is 11.3 Å². The average molecular weight is 409 g/mol. The quantitative estimate of drug-likeness (QED) is 0.273. The van der Waals surface area contributed by atoms with Gasteiger partial charge in [0.1, 0.15) is 7.05 Å². The van der Waals surface area contributed by atoms with Crippen LogP contribution in [-0.2, 0) is 0 Å². The minimum Gasteiger partial charge on any atom is -0.345 e.